The van der Waals surface area contributed by atoms with Crippen molar-refractivity contribution in [3.8, 4) is 0 Å². The Hall–Kier alpha value is -2.08. The van der Waals surface area contributed by atoms with Crippen LogP contribution in [-0.2, 0) is 0 Å². The number of aromatic nitrogens is 4. The zero-order chi connectivity index (χ0) is 15.4. The molecule has 0 spiro atoms. The molecule has 1 fully saturated rings. The summed E-state index contributed by atoms with van der Waals surface area (Å²) < 4.78 is 1.63. The molecular formula is C16H21N5O. The average Bonchev–Trinajstić information content (AvgIpc) is 2.57. The molecule has 0 saturated heterocycles. The molecule has 6 heteroatoms. The van der Waals surface area contributed by atoms with Gasteiger partial charge in [0.15, 0.2) is 0 Å². The second kappa shape index (κ2) is 6.79. The molecule has 1 aliphatic rings. The summed E-state index contributed by atoms with van der Waals surface area (Å²) >= 11 is 0. The summed E-state index contributed by atoms with van der Waals surface area (Å²) in [4.78, 5) is 20.3. The van der Waals surface area contributed by atoms with Crippen molar-refractivity contribution >= 4 is 0 Å². The van der Waals surface area contributed by atoms with E-state index in [0.717, 1.165) is 31.4 Å². The van der Waals surface area contributed by atoms with E-state index in [4.69, 9.17) is 0 Å². The van der Waals surface area contributed by atoms with Crippen molar-refractivity contribution in [2.75, 3.05) is 0 Å². The minimum atomic E-state index is -0.00756. The second-order valence-corrected chi connectivity index (χ2v) is 5.83. The molecule has 2 heterocycles. The fourth-order valence-electron chi connectivity index (χ4n) is 3.10. The summed E-state index contributed by atoms with van der Waals surface area (Å²) in [6.07, 6.45) is 10.9. The summed E-state index contributed by atoms with van der Waals surface area (Å²) in [5.74, 6) is 0. The largest absolute Gasteiger partial charge is 0.306 e. The SMILES string of the molecule is CC(NC1CCC(n2ncccc2=O)CC1)c1cnccn1. The molecule has 22 heavy (non-hydrogen) atoms. The topological polar surface area (TPSA) is 72.7 Å². The van der Waals surface area contributed by atoms with Crippen LogP contribution >= 0.6 is 0 Å². The van der Waals surface area contributed by atoms with Crippen molar-refractivity contribution in [3.05, 3.63) is 53.0 Å². The van der Waals surface area contributed by atoms with Gasteiger partial charge in [-0.1, -0.05) is 0 Å². The van der Waals surface area contributed by atoms with Crippen LogP contribution in [0.15, 0.2) is 41.7 Å². The zero-order valence-corrected chi connectivity index (χ0v) is 12.7. The van der Waals surface area contributed by atoms with E-state index in [0.29, 0.717) is 6.04 Å². The predicted octanol–water partition coefficient (Wildman–Crippen LogP) is 1.87. The molecule has 1 N–H and O–H groups in total. The third-order valence-corrected chi connectivity index (χ3v) is 4.30. The van der Waals surface area contributed by atoms with Crippen LogP contribution in [0.3, 0.4) is 0 Å². The minimum absolute atomic E-state index is 0.00756. The lowest BCUT2D eigenvalue weighted by atomic mass is 9.90. The first-order valence-electron chi connectivity index (χ1n) is 7.80. The van der Waals surface area contributed by atoms with Gasteiger partial charge in [0.05, 0.1) is 11.7 Å². The number of hydrogen-bond donors (Lipinski definition) is 1. The summed E-state index contributed by atoms with van der Waals surface area (Å²) in [7, 11) is 0. The van der Waals surface area contributed by atoms with Gasteiger partial charge in [0.1, 0.15) is 0 Å². The first-order valence-corrected chi connectivity index (χ1v) is 7.80. The lowest BCUT2D eigenvalue weighted by Gasteiger charge is -2.31. The number of nitrogens with one attached hydrogen (secondary N) is 1. The molecule has 0 amide bonds. The van der Waals surface area contributed by atoms with Crippen molar-refractivity contribution in [1.82, 2.24) is 25.1 Å². The third-order valence-electron chi connectivity index (χ3n) is 4.30. The van der Waals surface area contributed by atoms with Crippen LogP contribution in [0.25, 0.3) is 0 Å². The van der Waals surface area contributed by atoms with Crippen molar-refractivity contribution in [2.24, 2.45) is 0 Å². The molecule has 0 radical (unpaired) electrons. The van der Waals surface area contributed by atoms with Gasteiger partial charge in [-0.2, -0.15) is 5.10 Å². The quantitative estimate of drug-likeness (QED) is 0.933. The highest BCUT2D eigenvalue weighted by atomic mass is 16.1. The highest BCUT2D eigenvalue weighted by molar-refractivity contribution is 5.01. The van der Waals surface area contributed by atoms with E-state index < -0.39 is 0 Å². The predicted molar refractivity (Wildman–Crippen MR) is 83.4 cm³/mol. The zero-order valence-electron chi connectivity index (χ0n) is 12.7. The Morgan fingerprint density at radius 1 is 1.23 bits per heavy atom. The Morgan fingerprint density at radius 3 is 2.73 bits per heavy atom. The van der Waals surface area contributed by atoms with Gasteiger partial charge in [-0.05, 0) is 38.7 Å². The molecule has 3 rings (SSSR count). The second-order valence-electron chi connectivity index (χ2n) is 5.83. The summed E-state index contributed by atoms with van der Waals surface area (Å²) in [6.45, 7) is 2.11. The fraction of sp³-hybridized carbons (Fsp3) is 0.500. The van der Waals surface area contributed by atoms with Crippen LogP contribution in [-0.4, -0.2) is 25.8 Å². The van der Waals surface area contributed by atoms with E-state index in [1.54, 1.807) is 41.6 Å². The number of hydrogen-bond acceptors (Lipinski definition) is 5. The molecular weight excluding hydrogens is 278 g/mol. The van der Waals surface area contributed by atoms with Gasteiger partial charge in [0.2, 0.25) is 0 Å². The normalized spacial score (nSPS) is 23.1. The smallest absolute Gasteiger partial charge is 0.266 e. The highest BCUT2D eigenvalue weighted by Gasteiger charge is 2.24. The van der Waals surface area contributed by atoms with Gasteiger partial charge >= 0.3 is 0 Å². The molecule has 1 atom stereocenters. The molecule has 0 aromatic carbocycles. The summed E-state index contributed by atoms with van der Waals surface area (Å²) in [6, 6.07) is 4.13. The van der Waals surface area contributed by atoms with Gasteiger partial charge in [-0.15, -0.1) is 0 Å². The van der Waals surface area contributed by atoms with Crippen molar-refractivity contribution in [3.63, 3.8) is 0 Å². The highest BCUT2D eigenvalue weighted by Crippen LogP contribution is 2.28. The van der Waals surface area contributed by atoms with E-state index in [1.165, 1.54) is 0 Å². The lowest BCUT2D eigenvalue weighted by molar-refractivity contribution is 0.258. The van der Waals surface area contributed by atoms with Crippen LogP contribution in [0.5, 0.6) is 0 Å². The summed E-state index contributed by atoms with van der Waals surface area (Å²) in [5.41, 5.74) is 0.956. The van der Waals surface area contributed by atoms with Crippen LogP contribution in [0.4, 0.5) is 0 Å². The molecule has 1 saturated carbocycles. The lowest BCUT2D eigenvalue weighted by Crippen LogP contribution is -2.37. The van der Waals surface area contributed by atoms with Crippen LogP contribution in [0.1, 0.15) is 50.4 Å². The van der Waals surface area contributed by atoms with Gasteiger partial charge in [0.25, 0.3) is 5.56 Å². The Labute approximate surface area is 129 Å². The molecule has 1 unspecified atom stereocenters. The Kier molecular flexibility index (Phi) is 4.58. The molecule has 116 valence electrons. The van der Waals surface area contributed by atoms with Gasteiger partial charge < -0.3 is 5.32 Å². The Balaban J connectivity index is 1.56. The molecule has 2 aromatic rings. The standard InChI is InChI=1S/C16H21N5O/c1-12(15-11-17-9-10-18-15)20-13-4-6-14(7-5-13)21-16(22)3-2-8-19-21/h2-3,8-14,20H,4-7H2,1H3. The van der Waals surface area contributed by atoms with Crippen LogP contribution < -0.4 is 10.9 Å². The molecule has 0 aliphatic heterocycles. The van der Waals surface area contributed by atoms with Crippen LogP contribution in [0.2, 0.25) is 0 Å². The maximum absolute atomic E-state index is 11.8. The van der Waals surface area contributed by atoms with Gasteiger partial charge in [0, 0.05) is 42.9 Å². The average molecular weight is 299 g/mol. The van der Waals surface area contributed by atoms with E-state index in [1.807, 2.05) is 0 Å². The molecule has 6 nitrogen and oxygen atoms in total. The number of nitrogens with zero attached hydrogens (tertiary/aromatic N) is 4. The van der Waals surface area contributed by atoms with Crippen molar-refractivity contribution in [2.45, 2.75) is 50.7 Å². The van der Waals surface area contributed by atoms with E-state index in [-0.39, 0.29) is 17.6 Å². The Morgan fingerprint density at radius 2 is 2.05 bits per heavy atom. The number of rotatable bonds is 4. The third kappa shape index (κ3) is 3.39. The first-order chi connectivity index (χ1) is 10.7. The van der Waals surface area contributed by atoms with Gasteiger partial charge in [-0.25, -0.2) is 4.68 Å². The van der Waals surface area contributed by atoms with Crippen molar-refractivity contribution < 1.29 is 0 Å². The summed E-state index contributed by atoms with van der Waals surface area (Å²) in [5, 5.41) is 7.81. The molecule has 2 aromatic heterocycles. The maximum atomic E-state index is 11.8. The van der Waals surface area contributed by atoms with Crippen molar-refractivity contribution in [1.29, 1.82) is 0 Å². The molecule has 0 bridgehead atoms. The van der Waals surface area contributed by atoms with Crippen LogP contribution in [0, 0.1) is 0 Å². The monoisotopic (exact) mass is 299 g/mol. The minimum Gasteiger partial charge on any atom is -0.306 e. The Bertz CT molecular complexity index is 649. The maximum Gasteiger partial charge on any atom is 0.266 e. The fourth-order valence-corrected chi connectivity index (χ4v) is 3.10. The first kappa shape index (κ1) is 14.8. The van der Waals surface area contributed by atoms with E-state index in [2.05, 4.69) is 27.3 Å². The van der Waals surface area contributed by atoms with E-state index >= 15 is 0 Å². The van der Waals surface area contributed by atoms with Gasteiger partial charge in [-0.3, -0.25) is 14.8 Å². The molecule has 1 aliphatic carbocycles. The van der Waals surface area contributed by atoms with E-state index in [9.17, 15) is 4.79 Å².